The minimum Gasteiger partial charge on any atom is -0.497 e. The molecule has 2 aliphatic heterocycles. The maximum absolute atomic E-state index is 13.5. The van der Waals surface area contributed by atoms with Crippen LogP contribution in [-0.4, -0.2) is 92.9 Å². The lowest BCUT2D eigenvalue weighted by Gasteiger charge is -2.48. The molecule has 246 valence electrons. The summed E-state index contributed by atoms with van der Waals surface area (Å²) in [7, 11) is 3.86. The summed E-state index contributed by atoms with van der Waals surface area (Å²) in [4.78, 5) is 22.6. The first-order valence-electron chi connectivity index (χ1n) is 13.3. The number of piperidine rings is 1. The lowest BCUT2D eigenvalue weighted by molar-refractivity contribution is -0.193. The smallest absolute Gasteiger partial charge is 0.490 e. The zero-order chi connectivity index (χ0) is 33.6. The van der Waals surface area contributed by atoms with Crippen molar-refractivity contribution in [2.75, 3.05) is 33.8 Å². The summed E-state index contributed by atoms with van der Waals surface area (Å²) in [6.07, 6.45) is -8.11. The Morgan fingerprint density at radius 2 is 1.49 bits per heavy atom. The summed E-state index contributed by atoms with van der Waals surface area (Å²) in [6, 6.07) is 14.9. The van der Waals surface area contributed by atoms with E-state index in [1.807, 2.05) is 12.1 Å². The molecule has 0 saturated carbocycles. The molecule has 0 aliphatic carbocycles. The molecule has 3 heterocycles. The molecule has 1 spiro atoms. The van der Waals surface area contributed by atoms with Crippen molar-refractivity contribution in [2.45, 2.75) is 43.8 Å². The molecule has 1 saturated heterocycles. The number of carboxylic acid groups (broad SMARTS) is 2. The Bertz CT molecular complexity index is 1430. The topological polar surface area (TPSA) is 121 Å². The minimum atomic E-state index is -5.08. The molecule has 17 heteroatoms. The maximum Gasteiger partial charge on any atom is 0.490 e. The van der Waals surface area contributed by atoms with Gasteiger partial charge in [0.2, 0.25) is 0 Å². The van der Waals surface area contributed by atoms with Crippen LogP contribution in [0.5, 0.6) is 5.75 Å². The van der Waals surface area contributed by atoms with E-state index >= 15 is 0 Å². The molecule has 2 aliphatic rings. The zero-order valence-corrected chi connectivity index (χ0v) is 24.1. The number of rotatable bonds is 4. The number of aliphatic carboxylic acids is 2. The fourth-order valence-electron chi connectivity index (χ4n) is 5.11. The van der Waals surface area contributed by atoms with E-state index in [4.69, 9.17) is 24.5 Å². The molecule has 0 amide bonds. The van der Waals surface area contributed by atoms with E-state index in [1.165, 1.54) is 17.7 Å². The molecular weight excluding hydrogens is 619 g/mol. The molecule has 3 aromatic rings. The van der Waals surface area contributed by atoms with Crippen molar-refractivity contribution >= 4 is 11.9 Å². The number of hydrogen-bond acceptors (Lipinski definition) is 7. The van der Waals surface area contributed by atoms with Crippen LogP contribution in [0.15, 0.2) is 48.5 Å². The van der Waals surface area contributed by atoms with Gasteiger partial charge in [0.15, 0.2) is 5.82 Å². The SMILES string of the molecule is COc1cccc(CN2CCC3(CC2)CN(C)Cc2nnc(-c4ccc(F)cc4)n23)c1.O=C(O)C(F)(F)F.O=C(O)C(F)(F)F. The van der Waals surface area contributed by atoms with Gasteiger partial charge in [0.05, 0.1) is 19.2 Å². The predicted molar refractivity (Wildman–Crippen MR) is 145 cm³/mol. The van der Waals surface area contributed by atoms with Crippen LogP contribution in [-0.2, 0) is 28.2 Å². The largest absolute Gasteiger partial charge is 0.497 e. The molecule has 2 aromatic carbocycles. The normalized spacial score (nSPS) is 16.5. The first-order chi connectivity index (χ1) is 20.9. The summed E-state index contributed by atoms with van der Waals surface area (Å²) >= 11 is 0. The predicted octanol–water partition coefficient (Wildman–Crippen LogP) is 4.80. The highest BCUT2D eigenvalue weighted by Crippen LogP contribution is 2.39. The average molecular weight is 650 g/mol. The number of halogens is 7. The van der Waals surface area contributed by atoms with Gasteiger partial charge >= 0.3 is 24.3 Å². The minimum absolute atomic E-state index is 0.0412. The third-order valence-corrected chi connectivity index (χ3v) is 7.09. The number of aromatic nitrogens is 3. The van der Waals surface area contributed by atoms with E-state index in [0.29, 0.717) is 0 Å². The van der Waals surface area contributed by atoms with Gasteiger partial charge in [-0.2, -0.15) is 26.3 Å². The number of methoxy groups -OCH3 is 1. The molecule has 0 bridgehead atoms. The van der Waals surface area contributed by atoms with Gasteiger partial charge in [0.25, 0.3) is 0 Å². The molecule has 0 radical (unpaired) electrons. The van der Waals surface area contributed by atoms with Crippen LogP contribution in [0.1, 0.15) is 24.2 Å². The molecule has 0 unspecified atom stereocenters. The van der Waals surface area contributed by atoms with Gasteiger partial charge < -0.3 is 19.5 Å². The molecule has 10 nitrogen and oxygen atoms in total. The first kappa shape index (κ1) is 35.2. The summed E-state index contributed by atoms with van der Waals surface area (Å²) < 4.78 is 84.7. The van der Waals surface area contributed by atoms with Crippen LogP contribution in [0, 0.1) is 5.82 Å². The van der Waals surface area contributed by atoms with Crippen LogP contribution < -0.4 is 4.74 Å². The number of nitrogens with zero attached hydrogens (tertiary/aromatic N) is 5. The van der Waals surface area contributed by atoms with Crippen LogP contribution in [0.3, 0.4) is 0 Å². The third-order valence-electron chi connectivity index (χ3n) is 7.09. The van der Waals surface area contributed by atoms with Crippen molar-refractivity contribution in [1.82, 2.24) is 24.6 Å². The van der Waals surface area contributed by atoms with E-state index in [1.54, 1.807) is 19.2 Å². The Balaban J connectivity index is 0.000000331. The Labute approximate surface area is 252 Å². The fraction of sp³-hybridized carbons (Fsp3) is 0.429. The van der Waals surface area contributed by atoms with Crippen molar-refractivity contribution in [3.05, 3.63) is 65.7 Å². The van der Waals surface area contributed by atoms with Crippen LogP contribution in [0.25, 0.3) is 11.4 Å². The van der Waals surface area contributed by atoms with E-state index in [0.717, 1.165) is 68.5 Å². The summed E-state index contributed by atoms with van der Waals surface area (Å²) in [5, 5.41) is 23.3. The van der Waals surface area contributed by atoms with Crippen LogP contribution in [0.2, 0.25) is 0 Å². The monoisotopic (exact) mass is 649 g/mol. The van der Waals surface area contributed by atoms with Gasteiger partial charge in [-0.1, -0.05) is 12.1 Å². The van der Waals surface area contributed by atoms with Crippen LogP contribution in [0.4, 0.5) is 30.7 Å². The Hall–Kier alpha value is -4.25. The number of ether oxygens (including phenoxy) is 1. The quantitative estimate of drug-likeness (QED) is 0.384. The number of benzene rings is 2. The molecular formula is C28H30F7N5O5. The number of carboxylic acids is 2. The summed E-state index contributed by atoms with van der Waals surface area (Å²) in [6.45, 7) is 4.68. The van der Waals surface area contributed by atoms with E-state index in [-0.39, 0.29) is 11.4 Å². The molecule has 45 heavy (non-hydrogen) atoms. The first-order valence-corrected chi connectivity index (χ1v) is 13.3. The van der Waals surface area contributed by atoms with Crippen molar-refractivity contribution < 1.29 is 55.3 Å². The second-order valence-electron chi connectivity index (χ2n) is 10.4. The molecule has 0 atom stereocenters. The van der Waals surface area contributed by atoms with Gasteiger partial charge in [0.1, 0.15) is 17.4 Å². The maximum atomic E-state index is 13.5. The Morgan fingerprint density at radius 1 is 0.933 bits per heavy atom. The number of alkyl halides is 6. The van der Waals surface area contributed by atoms with Gasteiger partial charge in [-0.15, -0.1) is 10.2 Å². The van der Waals surface area contributed by atoms with Crippen molar-refractivity contribution in [2.24, 2.45) is 0 Å². The number of likely N-dealkylation sites (N-methyl/N-ethyl adjacent to an activating group) is 1. The molecule has 1 fully saturated rings. The number of likely N-dealkylation sites (tertiary alicyclic amines) is 1. The summed E-state index contributed by atoms with van der Waals surface area (Å²) in [5.74, 6) is -3.00. The van der Waals surface area contributed by atoms with Gasteiger partial charge in [-0.25, -0.2) is 14.0 Å². The highest BCUT2D eigenvalue weighted by Gasteiger charge is 2.43. The van der Waals surface area contributed by atoms with Crippen molar-refractivity contribution in [3.8, 4) is 17.1 Å². The second kappa shape index (κ2) is 14.2. The lowest BCUT2D eigenvalue weighted by Crippen LogP contribution is -2.55. The standard InChI is InChI=1S/C24H28FN5O.2C2HF3O2/c1-28-16-22-26-27-23(19-6-8-20(25)9-7-19)30(22)24(17-28)10-12-29(13-11-24)15-18-4-3-5-21(14-18)31-2;2*3-2(4,5)1(6)7/h3-9,14H,10-13,15-17H2,1-2H3;2*(H,6,7). The second-order valence-corrected chi connectivity index (χ2v) is 10.4. The highest BCUT2D eigenvalue weighted by molar-refractivity contribution is 5.73. The van der Waals surface area contributed by atoms with Crippen LogP contribution >= 0.6 is 0 Å². The average Bonchev–Trinajstić information content (AvgIpc) is 3.39. The third kappa shape index (κ3) is 9.37. The molecule has 2 N–H and O–H groups in total. The lowest BCUT2D eigenvalue weighted by atomic mass is 9.84. The van der Waals surface area contributed by atoms with Gasteiger partial charge in [-0.3, -0.25) is 9.80 Å². The fourth-order valence-corrected chi connectivity index (χ4v) is 5.11. The van der Waals surface area contributed by atoms with Crippen molar-refractivity contribution in [3.63, 3.8) is 0 Å². The van der Waals surface area contributed by atoms with E-state index in [9.17, 15) is 30.7 Å². The summed E-state index contributed by atoms with van der Waals surface area (Å²) in [5.41, 5.74) is 2.15. The molecule has 5 rings (SSSR count). The Kier molecular flexibility index (Phi) is 11.1. The highest BCUT2D eigenvalue weighted by atomic mass is 19.4. The van der Waals surface area contributed by atoms with Crippen molar-refractivity contribution in [1.29, 1.82) is 0 Å². The Morgan fingerprint density at radius 3 is 2.00 bits per heavy atom. The molecule has 1 aromatic heterocycles. The van der Waals surface area contributed by atoms with E-state index < -0.39 is 24.3 Å². The van der Waals surface area contributed by atoms with Gasteiger partial charge in [0, 0.05) is 31.7 Å². The zero-order valence-electron chi connectivity index (χ0n) is 24.1. The van der Waals surface area contributed by atoms with Gasteiger partial charge in [-0.05, 0) is 61.9 Å². The number of fused-ring (bicyclic) bond motifs is 2. The number of carbonyl (C=O) groups is 2. The van der Waals surface area contributed by atoms with E-state index in [2.05, 4.69) is 43.7 Å². The number of hydrogen-bond donors (Lipinski definition) is 2.